The number of ether oxygens (including phenoxy) is 1. The van der Waals surface area contributed by atoms with Crippen molar-refractivity contribution in [3.8, 4) is 5.75 Å². The van der Waals surface area contributed by atoms with Gasteiger partial charge in [-0.15, -0.1) is 0 Å². The van der Waals surface area contributed by atoms with Crippen molar-refractivity contribution in [2.75, 3.05) is 23.9 Å². The van der Waals surface area contributed by atoms with Crippen molar-refractivity contribution in [1.82, 2.24) is 9.97 Å². The summed E-state index contributed by atoms with van der Waals surface area (Å²) in [6.45, 7) is 2.57. The summed E-state index contributed by atoms with van der Waals surface area (Å²) in [5.41, 5.74) is 1.97. The van der Waals surface area contributed by atoms with E-state index in [4.69, 9.17) is 4.74 Å². The van der Waals surface area contributed by atoms with Crippen LogP contribution in [0, 0.1) is 0 Å². The van der Waals surface area contributed by atoms with Crippen LogP contribution >= 0.6 is 0 Å². The molecule has 0 radical (unpaired) electrons. The quantitative estimate of drug-likeness (QED) is 0.732. The number of anilines is 3. The van der Waals surface area contributed by atoms with Gasteiger partial charge in [-0.25, -0.2) is 9.97 Å². The maximum atomic E-state index is 12.7. The van der Waals surface area contributed by atoms with E-state index >= 15 is 0 Å². The summed E-state index contributed by atoms with van der Waals surface area (Å²) in [4.78, 5) is 22.5. The van der Waals surface area contributed by atoms with Gasteiger partial charge in [-0.3, -0.25) is 4.79 Å². The summed E-state index contributed by atoms with van der Waals surface area (Å²) in [6, 6.07) is 18.6. The fourth-order valence-corrected chi connectivity index (χ4v) is 2.43. The Labute approximate surface area is 152 Å². The summed E-state index contributed by atoms with van der Waals surface area (Å²) in [5, 5.41) is 3.17. The second kappa shape index (κ2) is 8.11. The number of benzene rings is 2. The third-order valence-corrected chi connectivity index (χ3v) is 3.77. The lowest BCUT2D eigenvalue weighted by Gasteiger charge is -2.17. The van der Waals surface area contributed by atoms with E-state index in [0.29, 0.717) is 18.1 Å². The molecule has 3 aromatic rings. The van der Waals surface area contributed by atoms with E-state index in [9.17, 15) is 4.79 Å². The van der Waals surface area contributed by atoms with Gasteiger partial charge >= 0.3 is 0 Å². The minimum Gasteiger partial charge on any atom is -0.494 e. The van der Waals surface area contributed by atoms with E-state index in [1.54, 1.807) is 18.0 Å². The van der Waals surface area contributed by atoms with E-state index in [-0.39, 0.29) is 5.91 Å². The molecule has 0 fully saturated rings. The van der Waals surface area contributed by atoms with Crippen LogP contribution < -0.4 is 15.0 Å². The third-order valence-electron chi connectivity index (χ3n) is 3.77. The van der Waals surface area contributed by atoms with Gasteiger partial charge in [0.15, 0.2) is 0 Å². The van der Waals surface area contributed by atoms with Crippen molar-refractivity contribution in [3.63, 3.8) is 0 Å². The molecule has 3 rings (SSSR count). The first-order valence-corrected chi connectivity index (χ1v) is 8.32. The van der Waals surface area contributed by atoms with Crippen LogP contribution in [0.25, 0.3) is 0 Å². The van der Waals surface area contributed by atoms with Gasteiger partial charge in [0, 0.05) is 24.5 Å². The van der Waals surface area contributed by atoms with Crippen LogP contribution in [-0.2, 0) is 0 Å². The van der Waals surface area contributed by atoms with Crippen LogP contribution in [0.15, 0.2) is 67.0 Å². The van der Waals surface area contributed by atoms with Gasteiger partial charge in [0.25, 0.3) is 5.91 Å². The topological polar surface area (TPSA) is 67.3 Å². The first-order valence-electron chi connectivity index (χ1n) is 8.32. The second-order valence-corrected chi connectivity index (χ2v) is 5.57. The lowest BCUT2D eigenvalue weighted by Crippen LogP contribution is -2.27. The normalized spacial score (nSPS) is 10.2. The molecule has 0 aliphatic rings. The van der Waals surface area contributed by atoms with Crippen molar-refractivity contribution in [1.29, 1.82) is 0 Å². The minimum absolute atomic E-state index is 0.201. The molecular weight excluding hydrogens is 328 g/mol. The number of carbonyl (C=O) groups excluding carboxylic acids is 1. The Morgan fingerprint density at radius 2 is 1.81 bits per heavy atom. The van der Waals surface area contributed by atoms with E-state index in [0.717, 1.165) is 17.1 Å². The van der Waals surface area contributed by atoms with Crippen molar-refractivity contribution in [2.45, 2.75) is 6.92 Å². The highest BCUT2D eigenvalue weighted by Crippen LogP contribution is 2.20. The zero-order valence-electron chi connectivity index (χ0n) is 14.7. The van der Waals surface area contributed by atoms with Crippen LogP contribution in [0.4, 0.5) is 17.2 Å². The summed E-state index contributed by atoms with van der Waals surface area (Å²) >= 11 is 0. The Morgan fingerprint density at radius 3 is 2.50 bits per heavy atom. The van der Waals surface area contributed by atoms with Crippen LogP contribution in [0.3, 0.4) is 0 Å². The number of nitrogens with zero attached hydrogens (tertiary/aromatic N) is 3. The fourth-order valence-electron chi connectivity index (χ4n) is 2.43. The molecule has 0 saturated carbocycles. The van der Waals surface area contributed by atoms with E-state index in [1.165, 1.54) is 6.33 Å². The van der Waals surface area contributed by atoms with Gasteiger partial charge in [0.1, 0.15) is 23.6 Å². The highest BCUT2D eigenvalue weighted by Gasteiger charge is 2.15. The summed E-state index contributed by atoms with van der Waals surface area (Å²) in [5.74, 6) is 1.16. The number of amides is 1. The zero-order valence-corrected chi connectivity index (χ0v) is 14.7. The predicted octanol–water partition coefficient (Wildman–Crippen LogP) is 3.90. The summed E-state index contributed by atoms with van der Waals surface area (Å²) < 4.78 is 5.43. The molecule has 0 bridgehead atoms. The first kappa shape index (κ1) is 17.4. The van der Waals surface area contributed by atoms with Crippen LogP contribution in [0.1, 0.15) is 17.4 Å². The lowest BCUT2D eigenvalue weighted by atomic mass is 10.2. The summed E-state index contributed by atoms with van der Waals surface area (Å²) in [6.07, 6.45) is 1.38. The molecule has 0 atom stereocenters. The summed E-state index contributed by atoms with van der Waals surface area (Å²) in [7, 11) is 1.72. The molecule has 0 aliphatic heterocycles. The molecular formula is C20H20N4O2. The third kappa shape index (κ3) is 4.16. The maximum absolute atomic E-state index is 12.7. The van der Waals surface area contributed by atoms with E-state index in [1.807, 2.05) is 61.5 Å². The van der Waals surface area contributed by atoms with Gasteiger partial charge in [-0.05, 0) is 43.3 Å². The van der Waals surface area contributed by atoms with Crippen LogP contribution in [0.2, 0.25) is 0 Å². The SMILES string of the molecule is CCOc1ccc(Nc2cc(C(=O)N(C)c3ccccc3)ncn2)cc1. The Morgan fingerprint density at radius 1 is 1.08 bits per heavy atom. The minimum atomic E-state index is -0.201. The van der Waals surface area contributed by atoms with Gasteiger partial charge in [-0.2, -0.15) is 0 Å². The van der Waals surface area contributed by atoms with Crippen molar-refractivity contribution < 1.29 is 9.53 Å². The van der Waals surface area contributed by atoms with Gasteiger partial charge in [0.2, 0.25) is 0 Å². The Kier molecular flexibility index (Phi) is 5.43. The van der Waals surface area contributed by atoms with Crippen molar-refractivity contribution in [3.05, 3.63) is 72.7 Å². The smallest absolute Gasteiger partial charge is 0.276 e. The molecule has 26 heavy (non-hydrogen) atoms. The highest BCUT2D eigenvalue weighted by atomic mass is 16.5. The number of rotatable bonds is 6. The number of carbonyl (C=O) groups is 1. The molecule has 6 nitrogen and oxygen atoms in total. The molecule has 2 aromatic carbocycles. The molecule has 0 spiro atoms. The zero-order chi connectivity index (χ0) is 18.4. The van der Waals surface area contributed by atoms with E-state index in [2.05, 4.69) is 15.3 Å². The molecule has 132 valence electrons. The molecule has 1 heterocycles. The first-order chi connectivity index (χ1) is 12.7. The average Bonchev–Trinajstić information content (AvgIpc) is 2.69. The predicted molar refractivity (Wildman–Crippen MR) is 102 cm³/mol. The molecule has 6 heteroatoms. The van der Waals surface area contributed by atoms with Crippen LogP contribution in [0.5, 0.6) is 5.75 Å². The molecule has 0 unspecified atom stereocenters. The lowest BCUT2D eigenvalue weighted by molar-refractivity contribution is 0.0988. The standard InChI is InChI=1S/C20H20N4O2/c1-3-26-17-11-9-15(10-12-17)23-19-13-18(21-14-22-19)20(25)24(2)16-7-5-4-6-8-16/h4-14H,3H2,1-2H3,(H,21,22,23). The van der Waals surface area contributed by atoms with Crippen LogP contribution in [-0.4, -0.2) is 29.5 Å². The number of aromatic nitrogens is 2. The molecule has 1 amide bonds. The van der Waals surface area contributed by atoms with E-state index < -0.39 is 0 Å². The number of hydrogen-bond acceptors (Lipinski definition) is 5. The largest absolute Gasteiger partial charge is 0.494 e. The monoisotopic (exact) mass is 348 g/mol. The molecule has 0 saturated heterocycles. The number of hydrogen-bond donors (Lipinski definition) is 1. The molecule has 1 aromatic heterocycles. The van der Waals surface area contributed by atoms with Gasteiger partial charge in [0.05, 0.1) is 6.61 Å². The van der Waals surface area contributed by atoms with Gasteiger partial charge < -0.3 is 15.0 Å². The Bertz CT molecular complexity index is 866. The fraction of sp³-hybridized carbons (Fsp3) is 0.150. The Hall–Kier alpha value is -3.41. The maximum Gasteiger partial charge on any atom is 0.276 e. The van der Waals surface area contributed by atoms with Crippen molar-refractivity contribution in [2.24, 2.45) is 0 Å². The molecule has 0 aliphatic carbocycles. The van der Waals surface area contributed by atoms with Crippen molar-refractivity contribution >= 4 is 23.1 Å². The number of nitrogens with one attached hydrogen (secondary N) is 1. The highest BCUT2D eigenvalue weighted by molar-refractivity contribution is 6.04. The second-order valence-electron chi connectivity index (χ2n) is 5.57. The molecule has 1 N–H and O–H groups in total. The average molecular weight is 348 g/mol. The van der Waals surface area contributed by atoms with Gasteiger partial charge in [-0.1, -0.05) is 18.2 Å². The number of para-hydroxylation sites is 1. The Balaban J connectivity index is 1.74.